The first-order valence-electron chi connectivity index (χ1n) is 6.11. The first-order chi connectivity index (χ1) is 9.56. The maximum Gasteiger partial charge on any atom is 0.226 e. The molecule has 0 aliphatic carbocycles. The van der Waals surface area contributed by atoms with Crippen LogP contribution < -0.4 is 11.1 Å². The van der Waals surface area contributed by atoms with E-state index in [9.17, 15) is 9.18 Å². The molecule has 0 aromatic heterocycles. The molecule has 2 aromatic rings. The second kappa shape index (κ2) is 6.50. The van der Waals surface area contributed by atoms with E-state index in [1.807, 2.05) is 30.3 Å². The van der Waals surface area contributed by atoms with Gasteiger partial charge < -0.3 is 11.1 Å². The number of amides is 1. The quantitative estimate of drug-likeness (QED) is 0.906. The third-order valence-electron chi connectivity index (χ3n) is 2.84. The molecule has 0 saturated heterocycles. The van der Waals surface area contributed by atoms with Crippen LogP contribution in [0.4, 0.5) is 10.1 Å². The lowest BCUT2D eigenvalue weighted by molar-refractivity contribution is -0.116. The number of carbonyl (C=O) groups excluding carboxylic acids is 1. The zero-order chi connectivity index (χ0) is 14.5. The van der Waals surface area contributed by atoms with Crippen LogP contribution in [0.15, 0.2) is 48.5 Å². The lowest BCUT2D eigenvalue weighted by atomic mass is 10.0. The van der Waals surface area contributed by atoms with Crippen molar-refractivity contribution >= 4 is 23.2 Å². The molecule has 0 bridgehead atoms. The smallest absolute Gasteiger partial charge is 0.226 e. The van der Waals surface area contributed by atoms with E-state index >= 15 is 0 Å². The number of hydrogen-bond acceptors (Lipinski definition) is 2. The van der Waals surface area contributed by atoms with E-state index in [4.69, 9.17) is 17.3 Å². The molecule has 1 unspecified atom stereocenters. The summed E-state index contributed by atoms with van der Waals surface area (Å²) in [5, 5.41) is 2.61. The van der Waals surface area contributed by atoms with Crippen molar-refractivity contribution in [3.05, 3.63) is 64.9 Å². The van der Waals surface area contributed by atoms with Gasteiger partial charge in [-0.15, -0.1) is 0 Å². The Labute approximate surface area is 121 Å². The molecule has 1 atom stereocenters. The van der Waals surface area contributed by atoms with Gasteiger partial charge in [0.25, 0.3) is 0 Å². The van der Waals surface area contributed by atoms with Crippen LogP contribution in [0.5, 0.6) is 0 Å². The van der Waals surface area contributed by atoms with Crippen molar-refractivity contribution in [3.63, 3.8) is 0 Å². The van der Waals surface area contributed by atoms with Gasteiger partial charge in [-0.3, -0.25) is 4.79 Å². The molecule has 2 rings (SSSR count). The topological polar surface area (TPSA) is 55.1 Å². The van der Waals surface area contributed by atoms with Gasteiger partial charge in [0.1, 0.15) is 5.82 Å². The molecule has 0 heterocycles. The fourth-order valence-corrected chi connectivity index (χ4v) is 1.92. The highest BCUT2D eigenvalue weighted by Crippen LogP contribution is 2.20. The van der Waals surface area contributed by atoms with Crippen LogP contribution in [0.1, 0.15) is 18.0 Å². The van der Waals surface area contributed by atoms with Gasteiger partial charge in [0.05, 0.1) is 5.02 Å². The Hall–Kier alpha value is -1.91. The minimum atomic E-state index is -0.572. The van der Waals surface area contributed by atoms with Crippen molar-refractivity contribution in [2.45, 2.75) is 12.5 Å². The second-order valence-corrected chi connectivity index (χ2v) is 4.81. The van der Waals surface area contributed by atoms with Crippen LogP contribution in [-0.2, 0) is 4.79 Å². The zero-order valence-corrected chi connectivity index (χ0v) is 11.4. The molecule has 3 N–H and O–H groups in total. The SMILES string of the molecule is NC(CC(=O)Nc1ccc(Cl)c(F)c1)c1ccccc1. The summed E-state index contributed by atoms with van der Waals surface area (Å²) in [6.45, 7) is 0. The zero-order valence-electron chi connectivity index (χ0n) is 10.6. The molecular weight excluding hydrogens is 279 g/mol. The largest absolute Gasteiger partial charge is 0.326 e. The molecule has 0 aliphatic heterocycles. The number of anilines is 1. The maximum absolute atomic E-state index is 13.2. The van der Waals surface area contributed by atoms with Gasteiger partial charge in [-0.05, 0) is 23.8 Å². The highest BCUT2D eigenvalue weighted by Gasteiger charge is 2.12. The summed E-state index contributed by atoms with van der Waals surface area (Å²) in [5.74, 6) is -0.847. The van der Waals surface area contributed by atoms with Gasteiger partial charge in [0.15, 0.2) is 0 Å². The summed E-state index contributed by atoms with van der Waals surface area (Å²) in [6.07, 6.45) is 0.119. The van der Waals surface area contributed by atoms with E-state index < -0.39 is 11.9 Å². The molecule has 0 fully saturated rings. The first-order valence-corrected chi connectivity index (χ1v) is 6.49. The van der Waals surface area contributed by atoms with E-state index in [2.05, 4.69) is 5.32 Å². The highest BCUT2D eigenvalue weighted by atomic mass is 35.5. The average Bonchev–Trinajstić information content (AvgIpc) is 2.44. The van der Waals surface area contributed by atoms with E-state index in [0.717, 1.165) is 5.56 Å². The molecule has 0 spiro atoms. The number of carbonyl (C=O) groups is 1. The van der Waals surface area contributed by atoms with Crippen LogP contribution in [-0.4, -0.2) is 5.91 Å². The molecule has 2 aromatic carbocycles. The second-order valence-electron chi connectivity index (χ2n) is 4.40. The van der Waals surface area contributed by atoms with E-state index in [1.54, 1.807) is 0 Å². The first kappa shape index (κ1) is 14.5. The predicted molar refractivity (Wildman–Crippen MR) is 78.0 cm³/mol. The van der Waals surface area contributed by atoms with Crippen molar-refractivity contribution in [2.24, 2.45) is 5.73 Å². The van der Waals surface area contributed by atoms with Crippen molar-refractivity contribution in [3.8, 4) is 0 Å². The van der Waals surface area contributed by atoms with Gasteiger partial charge in [-0.2, -0.15) is 0 Å². The Morgan fingerprint density at radius 2 is 1.95 bits per heavy atom. The number of nitrogens with two attached hydrogens (primary N) is 1. The summed E-state index contributed by atoms with van der Waals surface area (Å²) >= 11 is 5.57. The Bertz CT molecular complexity index is 604. The molecule has 20 heavy (non-hydrogen) atoms. The van der Waals surface area contributed by atoms with Crippen LogP contribution in [0.25, 0.3) is 0 Å². The van der Waals surface area contributed by atoms with Gasteiger partial charge in [-0.25, -0.2) is 4.39 Å². The van der Waals surface area contributed by atoms with Crippen molar-refractivity contribution < 1.29 is 9.18 Å². The summed E-state index contributed by atoms with van der Waals surface area (Å²) in [5.41, 5.74) is 7.19. The van der Waals surface area contributed by atoms with Crippen LogP contribution in [0.2, 0.25) is 5.02 Å². The average molecular weight is 293 g/mol. The lowest BCUT2D eigenvalue weighted by Crippen LogP contribution is -2.20. The molecule has 0 radical (unpaired) electrons. The molecule has 5 heteroatoms. The van der Waals surface area contributed by atoms with Crippen molar-refractivity contribution in [1.29, 1.82) is 0 Å². The number of rotatable bonds is 4. The summed E-state index contributed by atoms with van der Waals surface area (Å²) in [6, 6.07) is 13.0. The minimum Gasteiger partial charge on any atom is -0.326 e. The normalized spacial score (nSPS) is 11.9. The van der Waals surface area contributed by atoms with E-state index in [1.165, 1.54) is 18.2 Å². The molecule has 3 nitrogen and oxygen atoms in total. The van der Waals surface area contributed by atoms with Gasteiger partial charge in [0.2, 0.25) is 5.91 Å². The highest BCUT2D eigenvalue weighted by molar-refractivity contribution is 6.30. The number of benzene rings is 2. The van der Waals surface area contributed by atoms with Crippen molar-refractivity contribution in [1.82, 2.24) is 0 Å². The summed E-state index contributed by atoms with van der Waals surface area (Å²) < 4.78 is 13.2. The number of nitrogens with one attached hydrogen (secondary N) is 1. The van der Waals surface area contributed by atoms with E-state index in [-0.39, 0.29) is 17.4 Å². The predicted octanol–water partition coefficient (Wildman–Crippen LogP) is 3.51. The Morgan fingerprint density at radius 3 is 2.60 bits per heavy atom. The molecule has 1 amide bonds. The number of halogens is 2. The van der Waals surface area contributed by atoms with Gasteiger partial charge >= 0.3 is 0 Å². The molecular formula is C15H14ClFN2O. The monoisotopic (exact) mass is 292 g/mol. The van der Waals surface area contributed by atoms with Crippen LogP contribution >= 0.6 is 11.6 Å². The van der Waals surface area contributed by atoms with Crippen LogP contribution in [0.3, 0.4) is 0 Å². The third-order valence-corrected chi connectivity index (χ3v) is 3.14. The fraction of sp³-hybridized carbons (Fsp3) is 0.133. The van der Waals surface area contributed by atoms with Crippen molar-refractivity contribution in [2.75, 3.05) is 5.32 Å². The molecule has 0 saturated carbocycles. The minimum absolute atomic E-state index is 0.0176. The Kier molecular flexibility index (Phi) is 4.71. The number of hydrogen-bond donors (Lipinski definition) is 2. The van der Waals surface area contributed by atoms with E-state index in [0.29, 0.717) is 5.69 Å². The Morgan fingerprint density at radius 1 is 1.25 bits per heavy atom. The standard InChI is InChI=1S/C15H14ClFN2O/c16-12-7-6-11(8-13(12)17)19-15(20)9-14(18)10-4-2-1-3-5-10/h1-8,14H,9,18H2,(H,19,20). The van der Waals surface area contributed by atoms with Gasteiger partial charge in [-0.1, -0.05) is 41.9 Å². The van der Waals surface area contributed by atoms with Gasteiger partial charge in [0, 0.05) is 18.2 Å². The Balaban J connectivity index is 1.97. The summed E-state index contributed by atoms with van der Waals surface area (Å²) in [7, 11) is 0. The molecule has 104 valence electrons. The maximum atomic E-state index is 13.2. The molecule has 0 aliphatic rings. The van der Waals surface area contributed by atoms with Crippen LogP contribution in [0, 0.1) is 5.82 Å². The summed E-state index contributed by atoms with van der Waals surface area (Å²) in [4.78, 5) is 11.8. The fourth-order valence-electron chi connectivity index (χ4n) is 1.80. The lowest BCUT2D eigenvalue weighted by Gasteiger charge is -2.12. The third kappa shape index (κ3) is 3.79.